The summed E-state index contributed by atoms with van der Waals surface area (Å²) in [7, 11) is 2.15. The van der Waals surface area contributed by atoms with Crippen LogP contribution in [0.2, 0.25) is 0 Å². The molecular weight excluding hydrogens is 252 g/mol. The van der Waals surface area contributed by atoms with Crippen molar-refractivity contribution in [1.82, 2.24) is 0 Å². The van der Waals surface area contributed by atoms with Gasteiger partial charge in [0.05, 0.1) is 6.04 Å². The molecule has 0 aliphatic heterocycles. The van der Waals surface area contributed by atoms with Gasteiger partial charge in [-0.15, -0.1) is 11.3 Å². The number of thiophene rings is 1. The maximum absolute atomic E-state index is 5.63. The van der Waals surface area contributed by atoms with Crippen LogP contribution in [0.25, 0.3) is 0 Å². The molecule has 2 N–H and O–H groups in total. The van der Waals surface area contributed by atoms with Gasteiger partial charge in [0.1, 0.15) is 0 Å². The summed E-state index contributed by atoms with van der Waals surface area (Å²) in [5.74, 6) is 0. The van der Waals surface area contributed by atoms with Gasteiger partial charge < -0.3 is 10.6 Å². The highest BCUT2D eigenvalue weighted by atomic mass is 32.1. The van der Waals surface area contributed by atoms with E-state index in [1.54, 1.807) is 0 Å². The molecule has 0 aliphatic rings. The van der Waals surface area contributed by atoms with Crippen molar-refractivity contribution in [3.8, 4) is 0 Å². The van der Waals surface area contributed by atoms with Crippen LogP contribution in [-0.4, -0.2) is 13.6 Å². The molecular formula is C16H22N2S. The average molecular weight is 274 g/mol. The van der Waals surface area contributed by atoms with Gasteiger partial charge in [0.25, 0.3) is 0 Å². The third kappa shape index (κ3) is 3.17. The van der Waals surface area contributed by atoms with Crippen LogP contribution in [0, 0.1) is 6.92 Å². The minimum atomic E-state index is 0.403. The third-order valence-electron chi connectivity index (χ3n) is 3.68. The fourth-order valence-electron chi connectivity index (χ4n) is 2.28. The van der Waals surface area contributed by atoms with Crippen molar-refractivity contribution in [2.24, 2.45) is 5.73 Å². The Morgan fingerprint density at radius 2 is 2.11 bits per heavy atom. The normalized spacial score (nSPS) is 12.4. The van der Waals surface area contributed by atoms with Crippen LogP contribution in [0.3, 0.4) is 0 Å². The van der Waals surface area contributed by atoms with Crippen LogP contribution in [0.5, 0.6) is 0 Å². The second-order valence-electron chi connectivity index (χ2n) is 4.95. The van der Waals surface area contributed by atoms with Gasteiger partial charge in [-0.25, -0.2) is 0 Å². The number of hydrogen-bond donors (Lipinski definition) is 1. The first-order valence-electron chi connectivity index (χ1n) is 6.69. The molecule has 0 saturated carbocycles. The van der Waals surface area contributed by atoms with Crippen molar-refractivity contribution in [2.45, 2.75) is 26.3 Å². The Bertz CT molecular complexity index is 520. The Hall–Kier alpha value is -1.32. The Labute approximate surface area is 119 Å². The van der Waals surface area contributed by atoms with Gasteiger partial charge in [0.2, 0.25) is 0 Å². The molecule has 0 saturated heterocycles. The Balaban J connectivity index is 2.19. The van der Waals surface area contributed by atoms with E-state index in [1.807, 2.05) is 11.3 Å². The molecule has 0 fully saturated rings. The molecule has 19 heavy (non-hydrogen) atoms. The molecule has 102 valence electrons. The third-order valence-corrected chi connectivity index (χ3v) is 4.73. The number of nitrogens with zero attached hydrogens (tertiary/aromatic N) is 1. The predicted molar refractivity (Wildman–Crippen MR) is 85.1 cm³/mol. The Kier molecular flexibility index (Phi) is 4.61. The molecule has 1 atom stereocenters. The van der Waals surface area contributed by atoms with Crippen molar-refractivity contribution in [3.05, 3.63) is 51.7 Å². The van der Waals surface area contributed by atoms with Crippen LogP contribution in [-0.2, 0) is 6.42 Å². The fraction of sp³-hybridized carbons (Fsp3) is 0.375. The molecule has 0 aliphatic carbocycles. The van der Waals surface area contributed by atoms with E-state index in [9.17, 15) is 0 Å². The van der Waals surface area contributed by atoms with Crippen molar-refractivity contribution in [1.29, 1.82) is 0 Å². The van der Waals surface area contributed by atoms with Gasteiger partial charge in [-0.1, -0.05) is 12.1 Å². The molecule has 0 amide bonds. The second-order valence-corrected chi connectivity index (χ2v) is 5.93. The number of aryl methyl sites for hydroxylation is 1. The quantitative estimate of drug-likeness (QED) is 0.899. The molecule has 1 aromatic heterocycles. The summed E-state index contributed by atoms with van der Waals surface area (Å²) in [5.41, 5.74) is 9.57. The SMILES string of the molecule is Cc1cc(N(C)C(C)c2cccs2)ccc1CCN. The number of rotatable bonds is 5. The highest BCUT2D eigenvalue weighted by Gasteiger charge is 2.13. The average Bonchev–Trinajstić information content (AvgIpc) is 2.93. The standard InChI is InChI=1S/C16H22N2S/c1-12-11-15(7-6-14(12)8-9-17)18(3)13(2)16-5-4-10-19-16/h4-7,10-11,13H,8-9,17H2,1-3H3. The lowest BCUT2D eigenvalue weighted by Gasteiger charge is -2.27. The molecule has 1 unspecified atom stereocenters. The van der Waals surface area contributed by atoms with E-state index in [2.05, 4.69) is 61.5 Å². The van der Waals surface area contributed by atoms with E-state index >= 15 is 0 Å². The van der Waals surface area contributed by atoms with Gasteiger partial charge in [0, 0.05) is 17.6 Å². The summed E-state index contributed by atoms with van der Waals surface area (Å²) in [5, 5.41) is 2.13. The van der Waals surface area contributed by atoms with Crippen LogP contribution in [0.4, 0.5) is 5.69 Å². The maximum atomic E-state index is 5.63. The minimum absolute atomic E-state index is 0.403. The second kappa shape index (κ2) is 6.22. The zero-order chi connectivity index (χ0) is 13.8. The van der Waals surface area contributed by atoms with Crippen LogP contribution < -0.4 is 10.6 Å². The largest absolute Gasteiger partial charge is 0.367 e. The smallest absolute Gasteiger partial charge is 0.0603 e. The van der Waals surface area contributed by atoms with Crippen LogP contribution in [0.1, 0.15) is 29.0 Å². The van der Waals surface area contributed by atoms with E-state index in [-0.39, 0.29) is 0 Å². The van der Waals surface area contributed by atoms with E-state index in [0.717, 1.165) is 6.42 Å². The number of anilines is 1. The fourth-order valence-corrected chi connectivity index (χ4v) is 3.11. The Morgan fingerprint density at radius 3 is 2.68 bits per heavy atom. The Morgan fingerprint density at radius 1 is 1.32 bits per heavy atom. The van der Waals surface area contributed by atoms with Crippen molar-refractivity contribution < 1.29 is 0 Å². The first-order chi connectivity index (χ1) is 9.13. The zero-order valence-electron chi connectivity index (χ0n) is 11.9. The van der Waals surface area contributed by atoms with Gasteiger partial charge in [-0.05, 0) is 61.5 Å². The van der Waals surface area contributed by atoms with Gasteiger partial charge in [-0.3, -0.25) is 0 Å². The van der Waals surface area contributed by atoms with Gasteiger partial charge in [-0.2, -0.15) is 0 Å². The van der Waals surface area contributed by atoms with E-state index in [1.165, 1.54) is 21.7 Å². The number of nitrogens with two attached hydrogens (primary N) is 1. The van der Waals surface area contributed by atoms with E-state index in [0.29, 0.717) is 12.6 Å². The molecule has 0 radical (unpaired) electrons. The lowest BCUT2D eigenvalue weighted by atomic mass is 10.0. The lowest BCUT2D eigenvalue weighted by Crippen LogP contribution is -2.21. The van der Waals surface area contributed by atoms with E-state index in [4.69, 9.17) is 5.73 Å². The van der Waals surface area contributed by atoms with Crippen molar-refractivity contribution in [3.63, 3.8) is 0 Å². The number of hydrogen-bond acceptors (Lipinski definition) is 3. The highest BCUT2D eigenvalue weighted by molar-refractivity contribution is 7.10. The summed E-state index contributed by atoms with van der Waals surface area (Å²) in [4.78, 5) is 3.72. The van der Waals surface area contributed by atoms with Crippen LogP contribution >= 0.6 is 11.3 Å². The van der Waals surface area contributed by atoms with Gasteiger partial charge in [0.15, 0.2) is 0 Å². The molecule has 2 rings (SSSR count). The van der Waals surface area contributed by atoms with Crippen LogP contribution in [0.15, 0.2) is 35.7 Å². The lowest BCUT2D eigenvalue weighted by molar-refractivity contribution is 0.753. The molecule has 3 heteroatoms. The maximum Gasteiger partial charge on any atom is 0.0603 e. The predicted octanol–water partition coefficient (Wildman–Crippen LogP) is 3.76. The summed E-state index contributed by atoms with van der Waals surface area (Å²) >= 11 is 1.81. The molecule has 0 spiro atoms. The molecule has 1 aromatic carbocycles. The first kappa shape index (κ1) is 14.1. The molecule has 2 nitrogen and oxygen atoms in total. The monoisotopic (exact) mass is 274 g/mol. The summed E-state index contributed by atoms with van der Waals surface area (Å²) in [6, 6.07) is 11.4. The summed E-state index contributed by atoms with van der Waals surface area (Å²) in [6.45, 7) is 5.12. The zero-order valence-corrected chi connectivity index (χ0v) is 12.7. The van der Waals surface area contributed by atoms with E-state index < -0.39 is 0 Å². The highest BCUT2D eigenvalue weighted by Crippen LogP contribution is 2.29. The van der Waals surface area contributed by atoms with Crippen molar-refractivity contribution >= 4 is 17.0 Å². The molecule has 2 aromatic rings. The topological polar surface area (TPSA) is 29.3 Å². The van der Waals surface area contributed by atoms with Crippen molar-refractivity contribution in [2.75, 3.05) is 18.5 Å². The minimum Gasteiger partial charge on any atom is -0.367 e. The number of benzene rings is 1. The summed E-state index contributed by atoms with van der Waals surface area (Å²) in [6.07, 6.45) is 0.955. The summed E-state index contributed by atoms with van der Waals surface area (Å²) < 4.78 is 0. The van der Waals surface area contributed by atoms with Gasteiger partial charge >= 0.3 is 0 Å². The first-order valence-corrected chi connectivity index (χ1v) is 7.57. The molecule has 1 heterocycles. The molecule has 0 bridgehead atoms.